The third-order valence-electron chi connectivity index (χ3n) is 4.92. The van der Waals surface area contributed by atoms with Crippen molar-refractivity contribution in [1.29, 1.82) is 0 Å². The van der Waals surface area contributed by atoms with Crippen LogP contribution in [0.25, 0.3) is 11.0 Å². The van der Waals surface area contributed by atoms with Crippen molar-refractivity contribution in [2.75, 3.05) is 36.0 Å². The fraction of sp³-hybridized carbons (Fsp3) is 0.400. The number of hydrogen-bond donors (Lipinski definition) is 0. The zero-order valence-corrected chi connectivity index (χ0v) is 16.0. The van der Waals surface area contributed by atoms with Gasteiger partial charge in [-0.05, 0) is 39.0 Å². The molecule has 140 valence electrons. The molecule has 0 bridgehead atoms. The highest BCUT2D eigenvalue weighted by molar-refractivity contribution is 5.76. The Hall–Kier alpha value is -2.96. The lowest BCUT2D eigenvalue weighted by molar-refractivity contribution is 0.497. The third kappa shape index (κ3) is 3.37. The average molecular weight is 364 g/mol. The van der Waals surface area contributed by atoms with E-state index in [1.54, 1.807) is 10.7 Å². The van der Waals surface area contributed by atoms with Gasteiger partial charge in [0.25, 0.3) is 5.56 Å². The molecule has 0 radical (unpaired) electrons. The summed E-state index contributed by atoms with van der Waals surface area (Å²) in [5.74, 6) is 1.80. The van der Waals surface area contributed by atoms with Crippen LogP contribution in [0.15, 0.2) is 41.2 Å². The Labute approximate surface area is 158 Å². The second-order valence-electron chi connectivity index (χ2n) is 7.16. The molecule has 0 spiro atoms. The molecular formula is C20H24N6O. The predicted octanol–water partition coefficient (Wildman–Crippen LogP) is 2.40. The summed E-state index contributed by atoms with van der Waals surface area (Å²) in [5, 5.41) is 4.54. The van der Waals surface area contributed by atoms with Gasteiger partial charge < -0.3 is 9.80 Å². The Morgan fingerprint density at radius 2 is 1.52 bits per heavy atom. The number of benzene rings is 1. The molecule has 3 aromatic rings. The zero-order valence-electron chi connectivity index (χ0n) is 16.0. The van der Waals surface area contributed by atoms with Crippen molar-refractivity contribution in [3.8, 4) is 0 Å². The van der Waals surface area contributed by atoms with Crippen molar-refractivity contribution in [3.63, 3.8) is 0 Å². The standard InChI is InChI=1S/C20H24N6O/c1-14(2)26-19(27)9-8-18(23-26)24-10-12-25(13-11-24)20-15(3)21-16-6-4-5-7-17(16)22-20/h4-9,14H,10-13H2,1-3H3. The number of hydrogen-bond acceptors (Lipinski definition) is 6. The molecule has 0 atom stereocenters. The minimum Gasteiger partial charge on any atom is -0.352 e. The molecule has 0 amide bonds. The SMILES string of the molecule is Cc1nc2ccccc2nc1N1CCN(c2ccc(=O)n(C(C)C)n2)CC1. The first-order valence-corrected chi connectivity index (χ1v) is 9.36. The van der Waals surface area contributed by atoms with Crippen molar-refractivity contribution in [2.45, 2.75) is 26.8 Å². The van der Waals surface area contributed by atoms with Crippen LogP contribution >= 0.6 is 0 Å². The van der Waals surface area contributed by atoms with Gasteiger partial charge in [0.1, 0.15) is 5.82 Å². The first-order valence-electron chi connectivity index (χ1n) is 9.36. The molecule has 1 saturated heterocycles. The van der Waals surface area contributed by atoms with Gasteiger partial charge in [-0.3, -0.25) is 4.79 Å². The maximum atomic E-state index is 11.9. The van der Waals surface area contributed by atoms with Crippen LogP contribution in [-0.2, 0) is 0 Å². The molecule has 1 aliphatic heterocycles. The summed E-state index contributed by atoms with van der Waals surface area (Å²) in [4.78, 5) is 26.0. The molecule has 0 saturated carbocycles. The Bertz CT molecular complexity index is 1020. The molecule has 0 N–H and O–H groups in total. The van der Waals surface area contributed by atoms with Gasteiger partial charge in [-0.25, -0.2) is 14.6 Å². The van der Waals surface area contributed by atoms with Crippen LogP contribution < -0.4 is 15.4 Å². The van der Waals surface area contributed by atoms with Gasteiger partial charge in [0.15, 0.2) is 5.82 Å². The van der Waals surface area contributed by atoms with Gasteiger partial charge in [0.2, 0.25) is 0 Å². The minimum atomic E-state index is -0.0607. The van der Waals surface area contributed by atoms with Crippen LogP contribution in [0.1, 0.15) is 25.6 Å². The quantitative estimate of drug-likeness (QED) is 0.711. The second-order valence-corrected chi connectivity index (χ2v) is 7.16. The summed E-state index contributed by atoms with van der Waals surface area (Å²) in [6.07, 6.45) is 0. The van der Waals surface area contributed by atoms with Crippen molar-refractivity contribution >= 4 is 22.7 Å². The van der Waals surface area contributed by atoms with E-state index in [0.29, 0.717) is 0 Å². The fourth-order valence-corrected chi connectivity index (χ4v) is 3.48. The summed E-state index contributed by atoms with van der Waals surface area (Å²) >= 11 is 0. The number of aromatic nitrogens is 4. The first-order chi connectivity index (χ1) is 13.0. The van der Waals surface area contributed by atoms with Crippen LogP contribution in [0.5, 0.6) is 0 Å². The van der Waals surface area contributed by atoms with Crippen LogP contribution in [0, 0.1) is 6.92 Å². The smallest absolute Gasteiger partial charge is 0.267 e. The van der Waals surface area contributed by atoms with Crippen molar-refractivity contribution in [2.24, 2.45) is 0 Å². The molecule has 4 rings (SSSR count). The Morgan fingerprint density at radius 1 is 0.889 bits per heavy atom. The molecule has 7 heteroatoms. The maximum Gasteiger partial charge on any atom is 0.267 e. The number of fused-ring (bicyclic) bond motifs is 1. The maximum absolute atomic E-state index is 11.9. The van der Waals surface area contributed by atoms with Crippen LogP contribution in [0.3, 0.4) is 0 Å². The van der Waals surface area contributed by atoms with Crippen LogP contribution in [0.2, 0.25) is 0 Å². The molecule has 0 aliphatic carbocycles. The normalized spacial score (nSPS) is 15.0. The Morgan fingerprint density at radius 3 is 2.19 bits per heavy atom. The van der Waals surface area contributed by atoms with E-state index < -0.39 is 0 Å². The Balaban J connectivity index is 1.53. The van der Waals surface area contributed by atoms with E-state index in [2.05, 4.69) is 14.9 Å². The van der Waals surface area contributed by atoms with E-state index in [1.807, 2.05) is 51.1 Å². The lowest BCUT2D eigenvalue weighted by Crippen LogP contribution is -2.47. The van der Waals surface area contributed by atoms with E-state index >= 15 is 0 Å². The lowest BCUT2D eigenvalue weighted by Gasteiger charge is -2.36. The molecule has 1 fully saturated rings. The van der Waals surface area contributed by atoms with Gasteiger partial charge in [-0.2, -0.15) is 5.10 Å². The minimum absolute atomic E-state index is 0.0502. The van der Waals surface area contributed by atoms with Crippen molar-refractivity contribution in [1.82, 2.24) is 19.7 Å². The zero-order chi connectivity index (χ0) is 19.0. The largest absolute Gasteiger partial charge is 0.352 e. The molecule has 0 unspecified atom stereocenters. The molecule has 1 aromatic carbocycles. The van der Waals surface area contributed by atoms with Crippen molar-refractivity contribution in [3.05, 3.63) is 52.4 Å². The topological polar surface area (TPSA) is 67.2 Å². The number of para-hydroxylation sites is 2. The van der Waals surface area contributed by atoms with E-state index in [0.717, 1.165) is 54.5 Å². The third-order valence-corrected chi connectivity index (χ3v) is 4.92. The highest BCUT2D eigenvalue weighted by atomic mass is 16.1. The van der Waals surface area contributed by atoms with E-state index in [1.165, 1.54) is 0 Å². The number of anilines is 2. The van der Waals surface area contributed by atoms with Gasteiger partial charge in [-0.1, -0.05) is 12.1 Å². The van der Waals surface area contributed by atoms with Gasteiger partial charge in [0, 0.05) is 32.2 Å². The van der Waals surface area contributed by atoms with E-state index in [-0.39, 0.29) is 11.6 Å². The number of aryl methyl sites for hydroxylation is 1. The lowest BCUT2D eigenvalue weighted by atomic mass is 10.2. The van der Waals surface area contributed by atoms with E-state index in [9.17, 15) is 4.79 Å². The molecule has 3 heterocycles. The number of nitrogens with zero attached hydrogens (tertiary/aromatic N) is 6. The second kappa shape index (κ2) is 6.98. The fourth-order valence-electron chi connectivity index (χ4n) is 3.48. The number of rotatable bonds is 3. The highest BCUT2D eigenvalue weighted by Gasteiger charge is 2.22. The molecule has 1 aliphatic rings. The summed E-state index contributed by atoms with van der Waals surface area (Å²) < 4.78 is 1.54. The monoisotopic (exact) mass is 364 g/mol. The Kier molecular flexibility index (Phi) is 4.51. The molecule has 7 nitrogen and oxygen atoms in total. The predicted molar refractivity (Wildman–Crippen MR) is 108 cm³/mol. The summed E-state index contributed by atoms with van der Waals surface area (Å²) in [6.45, 7) is 9.30. The van der Waals surface area contributed by atoms with Gasteiger partial charge in [0.05, 0.1) is 22.8 Å². The van der Waals surface area contributed by atoms with E-state index in [4.69, 9.17) is 9.97 Å². The van der Waals surface area contributed by atoms with Crippen LogP contribution in [-0.4, -0.2) is 45.9 Å². The average Bonchev–Trinajstić information content (AvgIpc) is 2.68. The summed E-state index contributed by atoms with van der Waals surface area (Å²) in [6, 6.07) is 11.4. The van der Waals surface area contributed by atoms with Crippen LogP contribution in [0.4, 0.5) is 11.6 Å². The number of piperazine rings is 1. The molecule has 27 heavy (non-hydrogen) atoms. The van der Waals surface area contributed by atoms with Gasteiger partial charge in [-0.15, -0.1) is 0 Å². The molecular weight excluding hydrogens is 340 g/mol. The summed E-state index contributed by atoms with van der Waals surface area (Å²) in [7, 11) is 0. The first kappa shape index (κ1) is 17.5. The highest BCUT2D eigenvalue weighted by Crippen LogP contribution is 2.22. The van der Waals surface area contributed by atoms with Crippen molar-refractivity contribution < 1.29 is 0 Å². The molecule has 2 aromatic heterocycles. The summed E-state index contributed by atoms with van der Waals surface area (Å²) in [5.41, 5.74) is 2.74. The van der Waals surface area contributed by atoms with Gasteiger partial charge >= 0.3 is 0 Å².